The van der Waals surface area contributed by atoms with Crippen molar-refractivity contribution >= 4 is 17.3 Å². The van der Waals surface area contributed by atoms with E-state index in [0.717, 1.165) is 5.69 Å². The first-order chi connectivity index (χ1) is 10.6. The zero-order valence-electron chi connectivity index (χ0n) is 12.6. The monoisotopic (exact) mass is 323 g/mol. The summed E-state index contributed by atoms with van der Waals surface area (Å²) < 4.78 is 15.9. The Morgan fingerprint density at radius 3 is 2.18 bits per heavy atom. The predicted molar refractivity (Wildman–Crippen MR) is 86.5 cm³/mol. The van der Waals surface area contributed by atoms with Gasteiger partial charge in [-0.15, -0.1) is 0 Å². The van der Waals surface area contributed by atoms with Crippen LogP contribution in [0.3, 0.4) is 0 Å². The highest BCUT2D eigenvalue weighted by atomic mass is 35.5. The number of hydrogen-bond acceptors (Lipinski definition) is 5. The standard InChI is InChI=1S/C16H18ClNO4/c1-20-14-7-12(8-15(21-2)16(14)22-3)18-9-10-6-11(17)4-5-13(10)19/h4-8,18-19H,9H2,1-3H3. The van der Waals surface area contributed by atoms with Gasteiger partial charge in [0.15, 0.2) is 11.5 Å². The van der Waals surface area contributed by atoms with Crippen LogP contribution in [0.5, 0.6) is 23.0 Å². The molecule has 0 spiro atoms. The van der Waals surface area contributed by atoms with Crippen LogP contribution in [-0.2, 0) is 6.54 Å². The van der Waals surface area contributed by atoms with E-state index in [-0.39, 0.29) is 5.75 Å². The summed E-state index contributed by atoms with van der Waals surface area (Å²) in [6.45, 7) is 0.408. The molecule has 0 atom stereocenters. The number of methoxy groups -OCH3 is 3. The van der Waals surface area contributed by atoms with Gasteiger partial charge >= 0.3 is 0 Å². The van der Waals surface area contributed by atoms with Gasteiger partial charge in [-0.25, -0.2) is 0 Å². The second kappa shape index (κ2) is 7.13. The second-order valence-electron chi connectivity index (χ2n) is 4.54. The van der Waals surface area contributed by atoms with E-state index in [9.17, 15) is 5.11 Å². The number of anilines is 1. The number of rotatable bonds is 6. The van der Waals surface area contributed by atoms with E-state index >= 15 is 0 Å². The van der Waals surface area contributed by atoms with Crippen molar-refractivity contribution in [1.82, 2.24) is 0 Å². The van der Waals surface area contributed by atoms with Crippen molar-refractivity contribution in [2.24, 2.45) is 0 Å². The molecule has 2 rings (SSSR count). The van der Waals surface area contributed by atoms with Gasteiger partial charge < -0.3 is 24.6 Å². The molecule has 22 heavy (non-hydrogen) atoms. The zero-order chi connectivity index (χ0) is 16.1. The Morgan fingerprint density at radius 1 is 1.00 bits per heavy atom. The molecular weight excluding hydrogens is 306 g/mol. The first-order valence-electron chi connectivity index (χ1n) is 6.60. The molecule has 0 aliphatic carbocycles. The van der Waals surface area contributed by atoms with Gasteiger partial charge in [0.25, 0.3) is 0 Å². The third-order valence-electron chi connectivity index (χ3n) is 3.19. The van der Waals surface area contributed by atoms with Crippen molar-refractivity contribution in [1.29, 1.82) is 0 Å². The van der Waals surface area contributed by atoms with E-state index in [1.807, 2.05) is 0 Å². The first kappa shape index (κ1) is 16.1. The highest BCUT2D eigenvalue weighted by molar-refractivity contribution is 6.30. The molecule has 0 saturated heterocycles. The molecule has 0 saturated carbocycles. The summed E-state index contributed by atoms with van der Waals surface area (Å²) in [6, 6.07) is 8.50. The Hall–Kier alpha value is -2.27. The third-order valence-corrected chi connectivity index (χ3v) is 3.42. The summed E-state index contributed by atoms with van der Waals surface area (Å²) in [7, 11) is 4.67. The molecule has 0 heterocycles. The zero-order valence-corrected chi connectivity index (χ0v) is 13.4. The van der Waals surface area contributed by atoms with Crippen molar-refractivity contribution in [2.75, 3.05) is 26.6 Å². The van der Waals surface area contributed by atoms with Gasteiger partial charge in [-0.3, -0.25) is 0 Å². The third kappa shape index (κ3) is 3.49. The Bertz CT molecular complexity index is 636. The number of aromatic hydroxyl groups is 1. The Labute approximate surface area is 134 Å². The lowest BCUT2D eigenvalue weighted by molar-refractivity contribution is 0.324. The molecule has 2 aromatic rings. The normalized spacial score (nSPS) is 10.2. The van der Waals surface area contributed by atoms with Crippen molar-refractivity contribution in [3.05, 3.63) is 40.9 Å². The lowest BCUT2D eigenvalue weighted by Gasteiger charge is -2.15. The largest absolute Gasteiger partial charge is 0.508 e. The van der Waals surface area contributed by atoms with Crippen molar-refractivity contribution in [3.8, 4) is 23.0 Å². The van der Waals surface area contributed by atoms with E-state index in [2.05, 4.69) is 5.32 Å². The van der Waals surface area contributed by atoms with E-state index in [1.165, 1.54) is 0 Å². The molecule has 2 N–H and O–H groups in total. The lowest BCUT2D eigenvalue weighted by atomic mass is 10.2. The van der Waals surface area contributed by atoms with Gasteiger partial charge in [0.2, 0.25) is 5.75 Å². The van der Waals surface area contributed by atoms with Crippen LogP contribution in [0.1, 0.15) is 5.56 Å². The summed E-state index contributed by atoms with van der Waals surface area (Å²) in [5, 5.41) is 13.6. The summed E-state index contributed by atoms with van der Waals surface area (Å²) in [6.07, 6.45) is 0. The van der Waals surface area contributed by atoms with Crippen molar-refractivity contribution in [3.63, 3.8) is 0 Å². The molecule has 0 bridgehead atoms. The molecule has 0 amide bonds. The van der Waals surface area contributed by atoms with Crippen LogP contribution in [0.2, 0.25) is 5.02 Å². The minimum atomic E-state index is 0.185. The Morgan fingerprint density at radius 2 is 1.64 bits per heavy atom. The molecule has 0 aliphatic rings. The van der Waals surface area contributed by atoms with Crippen LogP contribution in [0.15, 0.2) is 30.3 Å². The van der Waals surface area contributed by atoms with Crippen molar-refractivity contribution < 1.29 is 19.3 Å². The van der Waals surface area contributed by atoms with Gasteiger partial charge in [-0.1, -0.05) is 11.6 Å². The van der Waals surface area contributed by atoms with Gasteiger partial charge in [0.1, 0.15) is 5.75 Å². The quantitative estimate of drug-likeness (QED) is 0.849. The second-order valence-corrected chi connectivity index (χ2v) is 4.98. The van der Waals surface area contributed by atoms with E-state index < -0.39 is 0 Å². The average Bonchev–Trinajstić information content (AvgIpc) is 2.54. The number of hydrogen-bond donors (Lipinski definition) is 2. The molecule has 0 aliphatic heterocycles. The Balaban J connectivity index is 2.24. The minimum Gasteiger partial charge on any atom is -0.508 e. The number of benzene rings is 2. The van der Waals surface area contributed by atoms with Gasteiger partial charge in [0, 0.05) is 35.0 Å². The number of phenols is 1. The van der Waals surface area contributed by atoms with E-state index in [1.54, 1.807) is 51.7 Å². The fourth-order valence-corrected chi connectivity index (χ4v) is 2.27. The van der Waals surface area contributed by atoms with Gasteiger partial charge in [-0.2, -0.15) is 0 Å². The molecule has 6 heteroatoms. The molecule has 0 aromatic heterocycles. The smallest absolute Gasteiger partial charge is 0.203 e. The summed E-state index contributed by atoms with van der Waals surface area (Å²) in [5.74, 6) is 1.82. The van der Waals surface area contributed by atoms with E-state index in [0.29, 0.717) is 34.4 Å². The SMILES string of the molecule is COc1cc(NCc2cc(Cl)ccc2O)cc(OC)c1OC. The maximum Gasteiger partial charge on any atom is 0.203 e. The maximum absolute atomic E-state index is 9.83. The molecule has 118 valence electrons. The fourth-order valence-electron chi connectivity index (χ4n) is 2.08. The van der Waals surface area contributed by atoms with Gasteiger partial charge in [-0.05, 0) is 18.2 Å². The number of halogens is 1. The highest BCUT2D eigenvalue weighted by Gasteiger charge is 2.13. The van der Waals surface area contributed by atoms with Crippen LogP contribution in [0, 0.1) is 0 Å². The summed E-state index contributed by atoms with van der Waals surface area (Å²) in [4.78, 5) is 0. The maximum atomic E-state index is 9.83. The average molecular weight is 324 g/mol. The minimum absolute atomic E-state index is 0.185. The van der Waals surface area contributed by atoms with Crippen LogP contribution in [0.4, 0.5) is 5.69 Å². The molecule has 0 fully saturated rings. The summed E-state index contributed by atoms with van der Waals surface area (Å²) >= 11 is 5.94. The van der Waals surface area contributed by atoms with Crippen LogP contribution in [-0.4, -0.2) is 26.4 Å². The lowest BCUT2D eigenvalue weighted by Crippen LogP contribution is -2.02. The molecule has 5 nitrogen and oxygen atoms in total. The van der Waals surface area contributed by atoms with Crippen molar-refractivity contribution in [2.45, 2.75) is 6.54 Å². The van der Waals surface area contributed by atoms with Crippen LogP contribution in [0.25, 0.3) is 0 Å². The number of ether oxygens (including phenoxy) is 3. The molecule has 0 radical (unpaired) electrons. The highest BCUT2D eigenvalue weighted by Crippen LogP contribution is 2.40. The fraction of sp³-hybridized carbons (Fsp3) is 0.250. The van der Waals surface area contributed by atoms with Crippen LogP contribution < -0.4 is 19.5 Å². The van der Waals surface area contributed by atoms with Crippen LogP contribution >= 0.6 is 11.6 Å². The molecular formula is C16H18ClNO4. The van der Waals surface area contributed by atoms with Gasteiger partial charge in [0.05, 0.1) is 21.3 Å². The number of nitrogens with one attached hydrogen (secondary N) is 1. The number of phenolic OH excluding ortho intramolecular Hbond substituents is 1. The topological polar surface area (TPSA) is 60.0 Å². The van der Waals surface area contributed by atoms with E-state index in [4.69, 9.17) is 25.8 Å². The first-order valence-corrected chi connectivity index (χ1v) is 6.98. The summed E-state index contributed by atoms with van der Waals surface area (Å²) in [5.41, 5.74) is 1.47. The predicted octanol–water partition coefficient (Wildman–Crippen LogP) is 3.68. The molecule has 0 unspecified atom stereocenters. The Kier molecular flexibility index (Phi) is 5.22. The molecule has 2 aromatic carbocycles.